The molecule has 2 aromatic heterocycles. The number of hydrogen-bond acceptors (Lipinski definition) is 5. The molecule has 0 bridgehead atoms. The predicted octanol–water partition coefficient (Wildman–Crippen LogP) is 4.60. The van der Waals surface area contributed by atoms with Crippen LogP contribution in [0.2, 0.25) is 5.02 Å². The standard InChI is InChI=1S/C18H18ClN3O2S/c1-12(13-5-7-14(19)8-6-13)22(2)17(23)10-9-16-20-18(21-24-16)15-4-3-11-25-15/h3-8,11-12H,9-10H2,1-2H3. The van der Waals surface area contributed by atoms with Gasteiger partial charge in [0.15, 0.2) is 0 Å². The van der Waals surface area contributed by atoms with Gasteiger partial charge in [-0.15, -0.1) is 11.3 Å². The molecule has 0 aliphatic rings. The zero-order valence-corrected chi connectivity index (χ0v) is 15.5. The van der Waals surface area contributed by atoms with E-state index in [4.69, 9.17) is 16.1 Å². The van der Waals surface area contributed by atoms with Gasteiger partial charge in [-0.1, -0.05) is 35.0 Å². The van der Waals surface area contributed by atoms with Crippen LogP contribution >= 0.6 is 22.9 Å². The Kier molecular flexibility index (Phi) is 5.50. The largest absolute Gasteiger partial charge is 0.339 e. The third-order valence-electron chi connectivity index (χ3n) is 4.09. The van der Waals surface area contributed by atoms with Crippen LogP contribution in [0, 0.1) is 0 Å². The van der Waals surface area contributed by atoms with Crippen molar-refractivity contribution in [3.05, 3.63) is 58.3 Å². The lowest BCUT2D eigenvalue weighted by atomic mass is 10.1. The molecular weight excluding hydrogens is 358 g/mol. The van der Waals surface area contributed by atoms with Gasteiger partial charge in [-0.25, -0.2) is 0 Å². The number of carbonyl (C=O) groups excluding carboxylic acids is 1. The number of aryl methyl sites for hydroxylation is 1. The normalized spacial score (nSPS) is 12.1. The maximum Gasteiger partial charge on any atom is 0.227 e. The van der Waals surface area contributed by atoms with E-state index in [1.54, 1.807) is 23.3 Å². The monoisotopic (exact) mass is 375 g/mol. The molecule has 0 spiro atoms. The van der Waals surface area contributed by atoms with Gasteiger partial charge in [-0.2, -0.15) is 4.98 Å². The van der Waals surface area contributed by atoms with Crippen molar-refractivity contribution >= 4 is 28.8 Å². The van der Waals surface area contributed by atoms with Crippen LogP contribution < -0.4 is 0 Å². The Morgan fingerprint density at radius 3 is 2.76 bits per heavy atom. The molecule has 0 aliphatic carbocycles. The summed E-state index contributed by atoms with van der Waals surface area (Å²) in [6.45, 7) is 1.99. The smallest absolute Gasteiger partial charge is 0.227 e. The minimum absolute atomic E-state index is 0.0262. The number of hydrogen-bond donors (Lipinski definition) is 0. The van der Waals surface area contributed by atoms with Gasteiger partial charge in [0.25, 0.3) is 0 Å². The van der Waals surface area contributed by atoms with Gasteiger partial charge in [0.1, 0.15) is 0 Å². The first-order chi connectivity index (χ1) is 12.0. The van der Waals surface area contributed by atoms with Crippen molar-refractivity contribution in [1.82, 2.24) is 15.0 Å². The van der Waals surface area contributed by atoms with E-state index in [0.29, 0.717) is 29.6 Å². The maximum absolute atomic E-state index is 12.4. The van der Waals surface area contributed by atoms with E-state index in [2.05, 4.69) is 10.1 Å². The highest BCUT2D eigenvalue weighted by molar-refractivity contribution is 7.13. The molecule has 0 fully saturated rings. The van der Waals surface area contributed by atoms with E-state index in [9.17, 15) is 4.79 Å². The summed E-state index contributed by atoms with van der Waals surface area (Å²) in [5.74, 6) is 1.07. The number of benzene rings is 1. The van der Waals surface area contributed by atoms with Crippen molar-refractivity contribution in [1.29, 1.82) is 0 Å². The van der Waals surface area contributed by atoms with Crippen molar-refractivity contribution in [2.24, 2.45) is 0 Å². The first kappa shape index (κ1) is 17.6. The van der Waals surface area contributed by atoms with E-state index in [0.717, 1.165) is 10.4 Å². The Labute approximate surface area is 155 Å². The second-order valence-corrected chi connectivity index (χ2v) is 7.11. The van der Waals surface area contributed by atoms with Gasteiger partial charge < -0.3 is 9.42 Å². The van der Waals surface area contributed by atoms with Crippen LogP contribution in [0.5, 0.6) is 0 Å². The van der Waals surface area contributed by atoms with Crippen LogP contribution in [0.15, 0.2) is 46.3 Å². The quantitative estimate of drug-likeness (QED) is 0.631. The molecule has 5 nitrogen and oxygen atoms in total. The molecule has 1 aromatic carbocycles. The molecule has 25 heavy (non-hydrogen) atoms. The van der Waals surface area contributed by atoms with Crippen molar-refractivity contribution < 1.29 is 9.32 Å². The molecule has 1 unspecified atom stereocenters. The molecule has 3 rings (SSSR count). The van der Waals surface area contributed by atoms with Crippen molar-refractivity contribution in [2.75, 3.05) is 7.05 Å². The highest BCUT2D eigenvalue weighted by Crippen LogP contribution is 2.23. The number of aromatic nitrogens is 2. The summed E-state index contributed by atoms with van der Waals surface area (Å²) in [6.07, 6.45) is 0.745. The van der Waals surface area contributed by atoms with Crippen LogP contribution in [-0.2, 0) is 11.2 Å². The molecule has 130 valence electrons. The Morgan fingerprint density at radius 1 is 1.32 bits per heavy atom. The van der Waals surface area contributed by atoms with Gasteiger partial charge in [0.05, 0.1) is 10.9 Å². The first-order valence-corrected chi connectivity index (χ1v) is 9.18. The lowest BCUT2D eigenvalue weighted by Crippen LogP contribution is -2.29. The molecule has 2 heterocycles. The summed E-state index contributed by atoms with van der Waals surface area (Å²) in [5, 5.41) is 6.60. The Balaban J connectivity index is 1.57. The molecule has 7 heteroatoms. The number of carbonyl (C=O) groups is 1. The Hall–Kier alpha value is -2.18. The lowest BCUT2D eigenvalue weighted by molar-refractivity contribution is -0.131. The summed E-state index contributed by atoms with van der Waals surface area (Å²) < 4.78 is 5.24. The summed E-state index contributed by atoms with van der Waals surface area (Å²) >= 11 is 7.46. The summed E-state index contributed by atoms with van der Waals surface area (Å²) in [4.78, 5) is 19.5. The topological polar surface area (TPSA) is 59.2 Å². The molecule has 1 amide bonds. The second-order valence-electron chi connectivity index (χ2n) is 5.72. The molecule has 0 saturated carbocycles. The number of thiophene rings is 1. The van der Waals surface area contributed by atoms with Gasteiger partial charge in [0, 0.05) is 24.9 Å². The minimum atomic E-state index is -0.0332. The van der Waals surface area contributed by atoms with Crippen LogP contribution in [0.3, 0.4) is 0 Å². The first-order valence-electron chi connectivity index (χ1n) is 7.92. The van der Waals surface area contributed by atoms with E-state index in [-0.39, 0.29) is 11.9 Å². The zero-order valence-electron chi connectivity index (χ0n) is 14.0. The highest BCUT2D eigenvalue weighted by Gasteiger charge is 2.18. The third-order valence-corrected chi connectivity index (χ3v) is 5.21. The molecule has 0 saturated heterocycles. The van der Waals surface area contributed by atoms with Crippen molar-refractivity contribution in [3.8, 4) is 10.7 Å². The van der Waals surface area contributed by atoms with E-state index < -0.39 is 0 Å². The number of rotatable bonds is 6. The maximum atomic E-state index is 12.4. The summed E-state index contributed by atoms with van der Waals surface area (Å²) in [7, 11) is 1.80. The number of nitrogens with zero attached hydrogens (tertiary/aromatic N) is 3. The van der Waals surface area contributed by atoms with Gasteiger partial charge >= 0.3 is 0 Å². The molecule has 3 aromatic rings. The second kappa shape index (κ2) is 7.80. The van der Waals surface area contributed by atoms with E-state index >= 15 is 0 Å². The van der Waals surface area contributed by atoms with Gasteiger partial charge in [-0.3, -0.25) is 4.79 Å². The van der Waals surface area contributed by atoms with Crippen molar-refractivity contribution in [3.63, 3.8) is 0 Å². The number of halogens is 1. The zero-order chi connectivity index (χ0) is 17.8. The van der Waals surface area contributed by atoms with Crippen molar-refractivity contribution in [2.45, 2.75) is 25.8 Å². The van der Waals surface area contributed by atoms with Crippen LogP contribution in [0.25, 0.3) is 10.7 Å². The predicted molar refractivity (Wildman–Crippen MR) is 98.6 cm³/mol. The fraction of sp³-hybridized carbons (Fsp3) is 0.278. The Bertz CT molecular complexity index is 830. The summed E-state index contributed by atoms with van der Waals surface area (Å²) in [6, 6.07) is 11.4. The van der Waals surface area contributed by atoms with Crippen LogP contribution in [0.1, 0.15) is 30.8 Å². The molecular formula is C18H18ClN3O2S. The number of amides is 1. The molecule has 1 atom stereocenters. The molecule has 0 radical (unpaired) electrons. The third kappa shape index (κ3) is 4.27. The van der Waals surface area contributed by atoms with Gasteiger partial charge in [0.2, 0.25) is 17.6 Å². The van der Waals surface area contributed by atoms with E-state index in [1.807, 2.05) is 48.7 Å². The van der Waals surface area contributed by atoms with E-state index in [1.165, 1.54) is 0 Å². The van der Waals surface area contributed by atoms with Crippen LogP contribution in [-0.4, -0.2) is 28.0 Å². The average Bonchev–Trinajstić information content (AvgIpc) is 3.30. The fourth-order valence-electron chi connectivity index (χ4n) is 2.43. The minimum Gasteiger partial charge on any atom is -0.339 e. The summed E-state index contributed by atoms with van der Waals surface area (Å²) in [5.41, 5.74) is 1.04. The van der Waals surface area contributed by atoms with Gasteiger partial charge in [-0.05, 0) is 36.1 Å². The van der Waals surface area contributed by atoms with Crippen LogP contribution in [0.4, 0.5) is 0 Å². The Morgan fingerprint density at radius 2 is 2.08 bits per heavy atom. The molecule has 0 aliphatic heterocycles. The highest BCUT2D eigenvalue weighted by atomic mass is 35.5. The SMILES string of the molecule is CC(c1ccc(Cl)cc1)N(C)C(=O)CCc1nc(-c2cccs2)no1. The average molecular weight is 376 g/mol. The fourth-order valence-corrected chi connectivity index (χ4v) is 3.21. The molecule has 0 N–H and O–H groups in total. The lowest BCUT2D eigenvalue weighted by Gasteiger charge is -2.25.